The van der Waals surface area contributed by atoms with Crippen LogP contribution in [-0.2, 0) is 0 Å². The molecule has 23 heavy (non-hydrogen) atoms. The fourth-order valence-corrected chi connectivity index (χ4v) is 2.05. The van der Waals surface area contributed by atoms with E-state index in [1.807, 2.05) is 6.92 Å². The summed E-state index contributed by atoms with van der Waals surface area (Å²) in [6, 6.07) is 12.0. The van der Waals surface area contributed by atoms with E-state index in [-0.39, 0.29) is 5.91 Å². The van der Waals surface area contributed by atoms with Crippen molar-refractivity contribution in [3.05, 3.63) is 63.6 Å². The number of hydrazone groups is 1. The molecule has 0 radical (unpaired) electrons. The van der Waals surface area contributed by atoms with Gasteiger partial charge < -0.3 is 4.74 Å². The Morgan fingerprint density at radius 3 is 2.57 bits per heavy atom. The smallest absolute Gasteiger partial charge is 0.271 e. The van der Waals surface area contributed by atoms with E-state index < -0.39 is 0 Å². The third-order valence-corrected chi connectivity index (χ3v) is 3.65. The molecule has 0 spiro atoms. The first kappa shape index (κ1) is 17.3. The number of carbonyl (C=O) groups excluding carboxylic acids is 1. The summed E-state index contributed by atoms with van der Waals surface area (Å²) in [5.41, 5.74) is 3.70. The van der Waals surface area contributed by atoms with Crippen LogP contribution in [0, 0.1) is 0 Å². The van der Waals surface area contributed by atoms with Gasteiger partial charge >= 0.3 is 0 Å². The van der Waals surface area contributed by atoms with E-state index in [9.17, 15) is 4.79 Å². The summed E-state index contributed by atoms with van der Waals surface area (Å²) in [6.07, 6.45) is 2.44. The lowest BCUT2D eigenvalue weighted by Gasteiger charge is -2.05. The van der Waals surface area contributed by atoms with Crippen molar-refractivity contribution in [1.82, 2.24) is 5.43 Å². The lowest BCUT2D eigenvalue weighted by Crippen LogP contribution is -2.17. The molecule has 2 rings (SSSR count). The molecule has 0 aliphatic rings. The number of hydrogen-bond donors (Lipinski definition) is 1. The summed E-state index contributed by atoms with van der Waals surface area (Å²) in [6.45, 7) is 2.69. The van der Waals surface area contributed by atoms with Crippen molar-refractivity contribution in [3.63, 3.8) is 0 Å². The first-order chi connectivity index (χ1) is 11.1. The van der Waals surface area contributed by atoms with E-state index in [4.69, 9.17) is 27.9 Å². The van der Waals surface area contributed by atoms with Gasteiger partial charge in [0.05, 0.1) is 22.9 Å². The van der Waals surface area contributed by atoms with Crippen molar-refractivity contribution < 1.29 is 9.53 Å². The Morgan fingerprint density at radius 2 is 1.91 bits per heavy atom. The number of nitrogens with zero attached hydrogens (tertiary/aromatic N) is 1. The van der Waals surface area contributed by atoms with Crippen LogP contribution >= 0.6 is 23.2 Å². The number of amides is 1. The van der Waals surface area contributed by atoms with Gasteiger partial charge in [-0.3, -0.25) is 4.79 Å². The molecule has 1 amide bonds. The minimum atomic E-state index is -0.302. The number of hydrogen-bond acceptors (Lipinski definition) is 3. The molecule has 120 valence electrons. The van der Waals surface area contributed by atoms with Crippen molar-refractivity contribution in [2.24, 2.45) is 5.10 Å². The van der Waals surface area contributed by atoms with Crippen LogP contribution < -0.4 is 10.2 Å². The maximum atomic E-state index is 12.0. The molecule has 0 bridgehead atoms. The highest BCUT2D eigenvalue weighted by Gasteiger charge is 2.04. The molecule has 0 aliphatic carbocycles. The molecule has 2 aromatic rings. The lowest BCUT2D eigenvalue weighted by molar-refractivity contribution is 0.0955. The molecule has 4 nitrogen and oxygen atoms in total. The fourth-order valence-electron chi connectivity index (χ4n) is 1.75. The monoisotopic (exact) mass is 350 g/mol. The van der Waals surface area contributed by atoms with Crippen molar-refractivity contribution >= 4 is 35.3 Å². The van der Waals surface area contributed by atoms with Crippen LogP contribution in [-0.4, -0.2) is 18.7 Å². The molecule has 0 aliphatic heterocycles. The van der Waals surface area contributed by atoms with Gasteiger partial charge in [-0.05, 0) is 48.4 Å². The Labute approximate surface area is 145 Å². The summed E-state index contributed by atoms with van der Waals surface area (Å²) in [7, 11) is 0. The highest BCUT2D eigenvalue weighted by molar-refractivity contribution is 6.42. The van der Waals surface area contributed by atoms with Crippen molar-refractivity contribution in [1.29, 1.82) is 0 Å². The lowest BCUT2D eigenvalue weighted by atomic mass is 10.2. The second-order valence-electron chi connectivity index (χ2n) is 4.75. The third kappa shape index (κ3) is 5.27. The molecule has 0 unspecified atom stereocenters. The first-order valence-corrected chi connectivity index (χ1v) is 7.87. The molecule has 0 heterocycles. The maximum Gasteiger partial charge on any atom is 0.271 e. The fraction of sp³-hybridized carbons (Fsp3) is 0.176. The van der Waals surface area contributed by atoms with Crippen LogP contribution in [0.4, 0.5) is 0 Å². The van der Waals surface area contributed by atoms with Gasteiger partial charge in [-0.15, -0.1) is 0 Å². The molecular formula is C17H16Cl2N2O2. The van der Waals surface area contributed by atoms with E-state index in [0.29, 0.717) is 22.2 Å². The van der Waals surface area contributed by atoms with Gasteiger partial charge in [0.25, 0.3) is 5.91 Å². The zero-order valence-corrected chi connectivity index (χ0v) is 14.1. The quantitative estimate of drug-likeness (QED) is 0.613. The van der Waals surface area contributed by atoms with Gasteiger partial charge in [0.1, 0.15) is 5.75 Å². The normalized spacial score (nSPS) is 10.7. The van der Waals surface area contributed by atoms with Crippen LogP contribution in [0.3, 0.4) is 0 Å². The van der Waals surface area contributed by atoms with Gasteiger partial charge in [-0.2, -0.15) is 5.10 Å². The van der Waals surface area contributed by atoms with Crippen molar-refractivity contribution in [2.45, 2.75) is 13.3 Å². The number of halogens is 2. The second-order valence-corrected chi connectivity index (χ2v) is 5.56. The van der Waals surface area contributed by atoms with Crippen molar-refractivity contribution in [3.8, 4) is 5.75 Å². The minimum Gasteiger partial charge on any atom is -0.494 e. The van der Waals surface area contributed by atoms with Gasteiger partial charge in [-0.25, -0.2) is 5.43 Å². The average Bonchev–Trinajstić information content (AvgIpc) is 2.56. The predicted molar refractivity (Wildman–Crippen MR) is 93.8 cm³/mol. The van der Waals surface area contributed by atoms with Gasteiger partial charge in [0.2, 0.25) is 0 Å². The number of nitrogens with one attached hydrogen (secondary N) is 1. The van der Waals surface area contributed by atoms with Crippen LogP contribution in [0.1, 0.15) is 29.3 Å². The zero-order chi connectivity index (χ0) is 16.7. The Morgan fingerprint density at radius 1 is 1.17 bits per heavy atom. The summed E-state index contributed by atoms with van der Waals surface area (Å²) < 4.78 is 5.47. The van der Waals surface area contributed by atoms with E-state index in [1.165, 1.54) is 6.21 Å². The standard InChI is InChI=1S/C17H16Cl2N2O2/c1-2-9-23-14-6-4-13(5-7-14)17(22)21-20-11-12-3-8-15(18)16(19)10-12/h3-8,10-11H,2,9H2,1H3,(H,21,22)/b20-11+. The third-order valence-electron chi connectivity index (χ3n) is 2.91. The Kier molecular flexibility index (Phi) is 6.44. The molecule has 6 heteroatoms. The molecule has 0 aromatic heterocycles. The number of ether oxygens (including phenoxy) is 1. The number of benzene rings is 2. The van der Waals surface area contributed by atoms with Gasteiger partial charge in [0.15, 0.2) is 0 Å². The first-order valence-electron chi connectivity index (χ1n) is 7.11. The summed E-state index contributed by atoms with van der Waals surface area (Å²) in [4.78, 5) is 12.0. The second kappa shape index (κ2) is 8.56. The summed E-state index contributed by atoms with van der Waals surface area (Å²) >= 11 is 11.7. The van der Waals surface area contributed by atoms with Gasteiger partial charge in [-0.1, -0.05) is 36.2 Å². The summed E-state index contributed by atoms with van der Waals surface area (Å²) in [5, 5.41) is 4.81. The SMILES string of the molecule is CCCOc1ccc(C(=O)N/N=C/c2ccc(Cl)c(Cl)c2)cc1. The maximum absolute atomic E-state index is 12.0. The molecule has 0 fully saturated rings. The Balaban J connectivity index is 1.93. The van der Waals surface area contributed by atoms with Crippen LogP contribution in [0.2, 0.25) is 10.0 Å². The molecule has 0 atom stereocenters. The minimum absolute atomic E-state index is 0.302. The molecule has 0 saturated heterocycles. The number of rotatable bonds is 6. The van der Waals surface area contributed by atoms with E-state index >= 15 is 0 Å². The highest BCUT2D eigenvalue weighted by atomic mass is 35.5. The van der Waals surface area contributed by atoms with Crippen LogP contribution in [0.5, 0.6) is 5.75 Å². The largest absolute Gasteiger partial charge is 0.494 e. The Hall–Kier alpha value is -2.04. The highest BCUT2D eigenvalue weighted by Crippen LogP contribution is 2.21. The van der Waals surface area contributed by atoms with E-state index in [2.05, 4.69) is 10.5 Å². The topological polar surface area (TPSA) is 50.7 Å². The van der Waals surface area contributed by atoms with E-state index in [0.717, 1.165) is 17.7 Å². The van der Waals surface area contributed by atoms with Gasteiger partial charge in [0, 0.05) is 5.56 Å². The zero-order valence-electron chi connectivity index (χ0n) is 12.6. The van der Waals surface area contributed by atoms with Crippen LogP contribution in [0.25, 0.3) is 0 Å². The van der Waals surface area contributed by atoms with Crippen LogP contribution in [0.15, 0.2) is 47.6 Å². The molecule has 2 aromatic carbocycles. The van der Waals surface area contributed by atoms with E-state index in [1.54, 1.807) is 42.5 Å². The average molecular weight is 351 g/mol. The molecule has 0 saturated carbocycles. The predicted octanol–water partition coefficient (Wildman–Crippen LogP) is 4.55. The molecular weight excluding hydrogens is 335 g/mol. The number of carbonyl (C=O) groups is 1. The Bertz CT molecular complexity index is 700. The summed E-state index contributed by atoms with van der Waals surface area (Å²) in [5.74, 6) is 0.436. The van der Waals surface area contributed by atoms with Crippen molar-refractivity contribution in [2.75, 3.05) is 6.61 Å². The molecule has 1 N–H and O–H groups in total.